The van der Waals surface area contributed by atoms with Crippen LogP contribution in [0.15, 0.2) is 84.9 Å². The molecule has 0 aromatic heterocycles. The third-order valence-corrected chi connectivity index (χ3v) is 4.06. The third-order valence-electron chi connectivity index (χ3n) is 4.06. The second-order valence-corrected chi connectivity index (χ2v) is 5.70. The summed E-state index contributed by atoms with van der Waals surface area (Å²) in [6.07, 6.45) is 0. The summed E-state index contributed by atoms with van der Waals surface area (Å²) in [6, 6.07) is 23.3. The van der Waals surface area contributed by atoms with E-state index in [2.05, 4.69) is 5.48 Å². The van der Waals surface area contributed by atoms with E-state index < -0.39 is 10.7 Å². The summed E-state index contributed by atoms with van der Waals surface area (Å²) in [5.74, 6) is -0.561. The van der Waals surface area contributed by atoms with Crippen LogP contribution in [-0.2, 0) is 0 Å². The van der Waals surface area contributed by atoms with Gasteiger partial charge in [-0.1, -0.05) is 72.8 Å². The number of Topliss-reactive ketones (excluding diaryl/α,β-unsaturated/α-hetero) is 1. The Labute approximate surface area is 155 Å². The van der Waals surface area contributed by atoms with Crippen molar-refractivity contribution >= 4 is 22.7 Å². The number of rotatable bonds is 6. The normalized spacial score (nSPS) is 11.4. The van der Waals surface area contributed by atoms with E-state index in [1.807, 2.05) is 6.07 Å². The van der Waals surface area contributed by atoms with Gasteiger partial charge in [-0.2, -0.15) is 0 Å². The van der Waals surface area contributed by atoms with Crippen molar-refractivity contribution in [2.24, 2.45) is 0 Å². The van der Waals surface area contributed by atoms with E-state index >= 15 is 0 Å². The van der Waals surface area contributed by atoms with Gasteiger partial charge in [0, 0.05) is 11.6 Å². The molecule has 0 unspecified atom stereocenters. The quantitative estimate of drug-likeness (QED) is 0.224. The average Bonchev–Trinajstić information content (AvgIpc) is 2.72. The molecule has 0 amide bonds. The Balaban J connectivity index is 2.28. The SMILES string of the molecule is O=C(/C(=C(/NO)c1ccccc1)c1ccccc1)c1ccccc1[N+](=O)[O-]. The molecule has 27 heavy (non-hydrogen) atoms. The fourth-order valence-corrected chi connectivity index (χ4v) is 2.82. The van der Waals surface area contributed by atoms with E-state index in [1.165, 1.54) is 18.2 Å². The van der Waals surface area contributed by atoms with Crippen LogP contribution in [-0.4, -0.2) is 15.9 Å². The van der Waals surface area contributed by atoms with Crippen LogP contribution in [0.4, 0.5) is 5.69 Å². The lowest BCUT2D eigenvalue weighted by Crippen LogP contribution is -2.15. The second kappa shape index (κ2) is 8.07. The molecule has 0 radical (unpaired) electrons. The second-order valence-electron chi connectivity index (χ2n) is 5.70. The summed E-state index contributed by atoms with van der Waals surface area (Å²) >= 11 is 0. The number of allylic oxidation sites excluding steroid dienone is 1. The molecule has 134 valence electrons. The van der Waals surface area contributed by atoms with Crippen molar-refractivity contribution in [3.8, 4) is 0 Å². The largest absolute Gasteiger partial charge is 0.291 e. The van der Waals surface area contributed by atoms with E-state index in [9.17, 15) is 20.1 Å². The first-order valence-corrected chi connectivity index (χ1v) is 8.17. The third kappa shape index (κ3) is 3.75. The number of ketones is 1. The number of nitrogens with zero attached hydrogens (tertiary/aromatic N) is 1. The summed E-state index contributed by atoms with van der Waals surface area (Å²) in [6.45, 7) is 0. The molecule has 3 aromatic rings. The summed E-state index contributed by atoms with van der Waals surface area (Å²) in [7, 11) is 0. The van der Waals surface area contributed by atoms with E-state index in [0.29, 0.717) is 11.1 Å². The van der Waals surface area contributed by atoms with E-state index in [4.69, 9.17) is 0 Å². The number of benzene rings is 3. The van der Waals surface area contributed by atoms with Gasteiger partial charge in [0.1, 0.15) is 5.56 Å². The lowest BCUT2D eigenvalue weighted by atomic mass is 9.92. The summed E-state index contributed by atoms with van der Waals surface area (Å²) in [4.78, 5) is 24.1. The minimum Gasteiger partial charge on any atom is -0.291 e. The smallest absolute Gasteiger partial charge is 0.280 e. The van der Waals surface area contributed by atoms with Gasteiger partial charge in [0.2, 0.25) is 5.78 Å². The van der Waals surface area contributed by atoms with Crippen LogP contribution in [0.25, 0.3) is 11.3 Å². The zero-order valence-electron chi connectivity index (χ0n) is 14.2. The predicted molar refractivity (Wildman–Crippen MR) is 102 cm³/mol. The summed E-state index contributed by atoms with van der Waals surface area (Å²) in [5, 5.41) is 21.2. The molecule has 6 nitrogen and oxygen atoms in total. The number of nitrogens with one attached hydrogen (secondary N) is 1. The van der Waals surface area contributed by atoms with Crippen molar-refractivity contribution in [1.29, 1.82) is 0 Å². The first-order valence-electron chi connectivity index (χ1n) is 8.17. The van der Waals surface area contributed by atoms with Crippen LogP contribution in [0.2, 0.25) is 0 Å². The van der Waals surface area contributed by atoms with Crippen molar-refractivity contribution < 1.29 is 14.9 Å². The van der Waals surface area contributed by atoms with Gasteiger partial charge >= 0.3 is 0 Å². The first kappa shape index (κ1) is 18.0. The predicted octanol–water partition coefficient (Wildman–Crippen LogP) is 4.32. The number of hydrogen-bond donors (Lipinski definition) is 2. The standard InChI is InChI=1S/C21H16N2O4/c24-21(17-13-7-8-14-18(17)23(26)27)19(15-9-3-1-4-10-15)20(22-25)16-11-5-2-6-12-16/h1-14,22,25H/b20-19+. The number of nitro benzene ring substituents is 1. The molecule has 0 saturated carbocycles. The Morgan fingerprint density at radius 1 is 0.815 bits per heavy atom. The highest BCUT2D eigenvalue weighted by molar-refractivity contribution is 6.35. The van der Waals surface area contributed by atoms with Crippen LogP contribution >= 0.6 is 0 Å². The van der Waals surface area contributed by atoms with Crippen LogP contribution in [0.3, 0.4) is 0 Å². The number of carbonyl (C=O) groups excluding carboxylic acids is 1. The van der Waals surface area contributed by atoms with Crippen molar-refractivity contribution in [2.45, 2.75) is 0 Å². The Morgan fingerprint density at radius 3 is 1.89 bits per heavy atom. The Morgan fingerprint density at radius 2 is 1.33 bits per heavy atom. The van der Waals surface area contributed by atoms with Crippen LogP contribution in [0, 0.1) is 10.1 Å². The van der Waals surface area contributed by atoms with Crippen molar-refractivity contribution in [3.05, 3.63) is 112 Å². The van der Waals surface area contributed by atoms with Gasteiger partial charge in [0.05, 0.1) is 16.2 Å². The molecule has 3 rings (SSSR count). The topological polar surface area (TPSA) is 92.5 Å². The molecule has 0 spiro atoms. The molecule has 2 N–H and O–H groups in total. The Kier molecular flexibility index (Phi) is 5.39. The fraction of sp³-hybridized carbons (Fsp3) is 0. The van der Waals surface area contributed by atoms with Gasteiger partial charge in [0.25, 0.3) is 5.69 Å². The fourth-order valence-electron chi connectivity index (χ4n) is 2.82. The Bertz CT molecular complexity index is 999. The zero-order chi connectivity index (χ0) is 19.2. The summed E-state index contributed by atoms with van der Waals surface area (Å²) in [5.41, 5.74) is 3.18. The van der Waals surface area contributed by atoms with E-state index in [-0.39, 0.29) is 22.5 Å². The first-order chi connectivity index (χ1) is 13.1. The average molecular weight is 360 g/mol. The molecule has 0 heterocycles. The van der Waals surface area contributed by atoms with Gasteiger partial charge in [0.15, 0.2) is 0 Å². The van der Waals surface area contributed by atoms with Crippen LogP contribution in [0.1, 0.15) is 21.5 Å². The van der Waals surface area contributed by atoms with Crippen molar-refractivity contribution in [1.82, 2.24) is 5.48 Å². The maximum atomic E-state index is 13.3. The number of hydrogen-bond acceptors (Lipinski definition) is 5. The number of para-hydroxylation sites is 1. The monoisotopic (exact) mass is 360 g/mol. The maximum absolute atomic E-state index is 13.3. The van der Waals surface area contributed by atoms with E-state index in [1.54, 1.807) is 60.7 Å². The van der Waals surface area contributed by atoms with Gasteiger partial charge < -0.3 is 0 Å². The molecule has 0 aliphatic carbocycles. The minimum atomic E-state index is -0.593. The molecular formula is C21H16N2O4. The van der Waals surface area contributed by atoms with Crippen LogP contribution in [0.5, 0.6) is 0 Å². The molecule has 0 saturated heterocycles. The minimum absolute atomic E-state index is 0.0509. The lowest BCUT2D eigenvalue weighted by molar-refractivity contribution is -0.385. The lowest BCUT2D eigenvalue weighted by Gasteiger charge is -2.15. The maximum Gasteiger partial charge on any atom is 0.280 e. The molecule has 0 aliphatic rings. The van der Waals surface area contributed by atoms with Crippen molar-refractivity contribution in [3.63, 3.8) is 0 Å². The van der Waals surface area contributed by atoms with Gasteiger partial charge in [-0.05, 0) is 11.6 Å². The van der Waals surface area contributed by atoms with E-state index in [0.717, 1.165) is 0 Å². The van der Waals surface area contributed by atoms with Crippen LogP contribution < -0.4 is 5.48 Å². The highest BCUT2D eigenvalue weighted by atomic mass is 16.6. The van der Waals surface area contributed by atoms with Crippen molar-refractivity contribution in [2.75, 3.05) is 0 Å². The summed E-state index contributed by atoms with van der Waals surface area (Å²) < 4.78 is 0. The molecule has 6 heteroatoms. The highest BCUT2D eigenvalue weighted by Gasteiger charge is 2.26. The number of carbonyl (C=O) groups is 1. The molecular weight excluding hydrogens is 344 g/mol. The molecule has 0 fully saturated rings. The molecule has 3 aromatic carbocycles. The van der Waals surface area contributed by atoms with Gasteiger partial charge in [-0.15, -0.1) is 0 Å². The molecule has 0 bridgehead atoms. The zero-order valence-corrected chi connectivity index (χ0v) is 14.2. The Hall–Kier alpha value is -3.77. The molecule has 0 atom stereocenters. The molecule has 0 aliphatic heterocycles. The van der Waals surface area contributed by atoms with Gasteiger partial charge in [-0.25, -0.2) is 0 Å². The highest BCUT2D eigenvalue weighted by Crippen LogP contribution is 2.30. The number of nitro groups is 1. The van der Waals surface area contributed by atoms with Gasteiger partial charge in [-0.3, -0.25) is 25.6 Å². The number of hydroxylamine groups is 1.